The van der Waals surface area contributed by atoms with Gasteiger partial charge in [0.25, 0.3) is 0 Å². The highest BCUT2D eigenvalue weighted by molar-refractivity contribution is 5.90. The maximum atomic E-state index is 13.9. The van der Waals surface area contributed by atoms with Gasteiger partial charge in [-0.25, -0.2) is 19.2 Å². The number of alkyl halides is 4. The average molecular weight is 674 g/mol. The van der Waals surface area contributed by atoms with E-state index in [0.717, 1.165) is 17.8 Å². The molecule has 2 aliphatic heterocycles. The molecule has 14 heteroatoms. The first-order chi connectivity index (χ1) is 23.0. The molecule has 5 rings (SSSR count). The van der Waals surface area contributed by atoms with Crippen LogP contribution < -0.4 is 19.4 Å². The molecule has 0 bridgehead atoms. The third-order valence-electron chi connectivity index (χ3n) is 8.96. The Morgan fingerprint density at radius 1 is 1.06 bits per heavy atom. The first kappa shape index (κ1) is 34.7. The second kappa shape index (κ2) is 14.7. The summed E-state index contributed by atoms with van der Waals surface area (Å²) in [5.41, 5.74) is 0.885. The number of carboxylic acid groups (broad SMARTS) is 1. The largest absolute Gasteiger partial charge is 0.481 e. The highest BCUT2D eigenvalue weighted by atomic mass is 19.4. The van der Waals surface area contributed by atoms with Crippen molar-refractivity contribution < 1.29 is 41.7 Å². The number of halogens is 4. The monoisotopic (exact) mass is 673 g/mol. The number of carbonyl (C=O) groups is 2. The zero-order valence-corrected chi connectivity index (χ0v) is 27.0. The fraction of sp³-hybridized carbons (Fsp3) is 0.471. The van der Waals surface area contributed by atoms with Gasteiger partial charge in [0.1, 0.15) is 12.5 Å². The quantitative estimate of drug-likeness (QED) is 0.224. The molecule has 1 aromatic carbocycles. The zero-order valence-electron chi connectivity index (χ0n) is 27.0. The Kier molecular flexibility index (Phi) is 10.6. The Bertz CT molecular complexity index is 1600. The molecule has 10 nitrogen and oxygen atoms in total. The third-order valence-corrected chi connectivity index (χ3v) is 8.96. The van der Waals surface area contributed by atoms with Gasteiger partial charge in [-0.2, -0.15) is 13.2 Å². The average Bonchev–Trinajstić information content (AvgIpc) is 3.09. The second-order valence-electron chi connectivity index (χ2n) is 11.9. The number of benzene rings is 1. The van der Waals surface area contributed by atoms with Crippen molar-refractivity contribution in [2.75, 3.05) is 41.5 Å². The van der Waals surface area contributed by atoms with Crippen molar-refractivity contribution >= 4 is 29.3 Å². The Morgan fingerprint density at radius 2 is 1.79 bits per heavy atom. The number of hydrogen-bond acceptors (Lipinski definition) is 8. The highest BCUT2D eigenvalue weighted by Crippen LogP contribution is 2.44. The standard InChI is InChI=1S/C34H39F4N5O5/c1-4-25-17-28(31-27(7-9-30(40-31)47-3)43(25)33(46)48-5-2)42(20-22-14-21(18-35)15-24(16-22)34(36,37)38)29-8-6-26(19-39-29)41-12-10-23(11-13-41)32(44)45/h6-9,14-16,19,23,25,28H,4-5,10-13,17-18,20H2,1-3H3,(H,44,45)/t25-,28+/m1/s1. The van der Waals surface area contributed by atoms with E-state index >= 15 is 0 Å². The molecule has 0 unspecified atom stereocenters. The number of pyridine rings is 2. The van der Waals surface area contributed by atoms with E-state index in [9.17, 15) is 32.3 Å². The summed E-state index contributed by atoms with van der Waals surface area (Å²) in [6, 6.07) is 9.25. The number of carboxylic acids is 1. The summed E-state index contributed by atoms with van der Waals surface area (Å²) in [4.78, 5) is 39.6. The van der Waals surface area contributed by atoms with Gasteiger partial charge in [-0.15, -0.1) is 0 Å². The summed E-state index contributed by atoms with van der Waals surface area (Å²) in [5.74, 6) is -0.501. The Labute approximate surface area is 276 Å². The number of carbonyl (C=O) groups excluding carboxylic acids is 1. The van der Waals surface area contributed by atoms with Crippen LogP contribution in [0.25, 0.3) is 0 Å². The van der Waals surface area contributed by atoms with Crippen molar-refractivity contribution in [3.05, 3.63) is 71.0 Å². The lowest BCUT2D eigenvalue weighted by molar-refractivity contribution is -0.142. The lowest BCUT2D eigenvalue weighted by Crippen LogP contribution is -2.48. The molecule has 0 radical (unpaired) electrons. The summed E-state index contributed by atoms with van der Waals surface area (Å²) in [6.07, 6.45) is -1.69. The van der Waals surface area contributed by atoms with Gasteiger partial charge >= 0.3 is 18.2 Å². The molecule has 2 aliphatic rings. The van der Waals surface area contributed by atoms with Gasteiger partial charge in [-0.3, -0.25) is 9.69 Å². The van der Waals surface area contributed by atoms with Crippen molar-refractivity contribution in [3.8, 4) is 5.88 Å². The molecule has 48 heavy (non-hydrogen) atoms. The number of amides is 1. The van der Waals surface area contributed by atoms with Gasteiger partial charge < -0.3 is 24.4 Å². The number of aliphatic carboxylic acids is 1. The number of nitrogens with zero attached hydrogens (tertiary/aromatic N) is 5. The molecular weight excluding hydrogens is 634 g/mol. The molecule has 1 saturated heterocycles. The summed E-state index contributed by atoms with van der Waals surface area (Å²) >= 11 is 0. The summed E-state index contributed by atoms with van der Waals surface area (Å²) in [5, 5.41) is 9.38. The van der Waals surface area contributed by atoms with E-state index in [1.54, 1.807) is 36.2 Å². The summed E-state index contributed by atoms with van der Waals surface area (Å²) < 4.78 is 66.3. The first-order valence-corrected chi connectivity index (χ1v) is 15.9. The molecule has 258 valence electrons. The van der Waals surface area contributed by atoms with Crippen molar-refractivity contribution in [3.63, 3.8) is 0 Å². The first-order valence-electron chi connectivity index (χ1n) is 15.9. The van der Waals surface area contributed by atoms with E-state index in [0.29, 0.717) is 56.0 Å². The molecule has 0 saturated carbocycles. The third kappa shape index (κ3) is 7.42. The van der Waals surface area contributed by atoms with Crippen LogP contribution in [0.3, 0.4) is 0 Å². The van der Waals surface area contributed by atoms with Crippen LogP contribution in [0.4, 0.5) is 39.5 Å². The van der Waals surface area contributed by atoms with Crippen LogP contribution in [-0.2, 0) is 28.9 Å². The van der Waals surface area contributed by atoms with Gasteiger partial charge in [-0.1, -0.05) is 13.0 Å². The number of fused-ring (bicyclic) bond motifs is 1. The Balaban J connectivity index is 1.60. The van der Waals surface area contributed by atoms with Crippen LogP contribution in [0.5, 0.6) is 5.88 Å². The molecule has 2 aromatic heterocycles. The van der Waals surface area contributed by atoms with Gasteiger partial charge in [0.15, 0.2) is 0 Å². The van der Waals surface area contributed by atoms with Crippen molar-refractivity contribution in [1.29, 1.82) is 0 Å². The van der Waals surface area contributed by atoms with E-state index in [4.69, 9.17) is 19.4 Å². The summed E-state index contributed by atoms with van der Waals surface area (Å²) in [6.45, 7) is 3.74. The predicted octanol–water partition coefficient (Wildman–Crippen LogP) is 7.17. The molecular formula is C34H39F4N5O5. The lowest BCUT2D eigenvalue weighted by atomic mass is 9.91. The fourth-order valence-electron chi connectivity index (χ4n) is 6.51. The van der Waals surface area contributed by atoms with Gasteiger partial charge in [0, 0.05) is 31.7 Å². The van der Waals surface area contributed by atoms with Gasteiger partial charge in [0.05, 0.1) is 54.5 Å². The smallest absolute Gasteiger partial charge is 0.416 e. The van der Waals surface area contributed by atoms with Crippen molar-refractivity contribution in [2.24, 2.45) is 5.92 Å². The maximum Gasteiger partial charge on any atom is 0.416 e. The molecule has 2 atom stereocenters. The Morgan fingerprint density at radius 3 is 2.38 bits per heavy atom. The van der Waals surface area contributed by atoms with E-state index in [1.807, 2.05) is 22.8 Å². The van der Waals surface area contributed by atoms with Crippen LogP contribution in [-0.4, -0.2) is 60.0 Å². The number of rotatable bonds is 10. The number of ether oxygens (including phenoxy) is 2. The number of anilines is 3. The lowest BCUT2D eigenvalue weighted by Gasteiger charge is -2.43. The minimum absolute atomic E-state index is 0.0773. The van der Waals surface area contributed by atoms with E-state index in [2.05, 4.69) is 0 Å². The van der Waals surface area contributed by atoms with E-state index in [-0.39, 0.29) is 36.2 Å². The Hall–Kier alpha value is -4.62. The minimum atomic E-state index is -4.68. The maximum absolute atomic E-state index is 13.9. The molecule has 1 amide bonds. The number of aromatic nitrogens is 2. The number of hydrogen-bond donors (Lipinski definition) is 1. The molecule has 0 spiro atoms. The molecule has 1 fully saturated rings. The number of piperidine rings is 1. The minimum Gasteiger partial charge on any atom is -0.481 e. The predicted molar refractivity (Wildman–Crippen MR) is 171 cm³/mol. The van der Waals surface area contributed by atoms with Crippen LogP contribution in [0, 0.1) is 5.92 Å². The SMILES string of the molecule is CCOC(=O)N1c2ccc(OC)nc2[C@@H](N(Cc2cc(CF)cc(C(F)(F)F)c2)c2ccc(N3CCC(C(=O)O)CC3)cn2)C[C@H]1CC. The van der Waals surface area contributed by atoms with Gasteiger partial charge in [0.2, 0.25) is 5.88 Å². The van der Waals surface area contributed by atoms with Crippen LogP contribution in [0.15, 0.2) is 48.7 Å². The molecule has 4 heterocycles. The zero-order chi connectivity index (χ0) is 34.6. The summed E-state index contributed by atoms with van der Waals surface area (Å²) in [7, 11) is 1.46. The molecule has 1 N–H and O–H groups in total. The van der Waals surface area contributed by atoms with E-state index in [1.165, 1.54) is 13.2 Å². The second-order valence-corrected chi connectivity index (χ2v) is 11.9. The normalized spacial score (nSPS) is 18.3. The van der Waals surface area contributed by atoms with Crippen LogP contribution >= 0.6 is 0 Å². The number of methoxy groups -OCH3 is 1. The van der Waals surface area contributed by atoms with Crippen LogP contribution in [0.1, 0.15) is 68.0 Å². The van der Waals surface area contributed by atoms with Crippen LogP contribution in [0.2, 0.25) is 0 Å². The topological polar surface area (TPSA) is 108 Å². The highest BCUT2D eigenvalue weighted by Gasteiger charge is 2.41. The van der Waals surface area contributed by atoms with Gasteiger partial charge in [-0.05, 0) is 74.1 Å². The molecule has 0 aliphatic carbocycles. The van der Waals surface area contributed by atoms with Crippen molar-refractivity contribution in [2.45, 2.75) is 71.0 Å². The van der Waals surface area contributed by atoms with Crippen molar-refractivity contribution in [1.82, 2.24) is 9.97 Å². The molecule has 3 aromatic rings. The fourth-order valence-corrected chi connectivity index (χ4v) is 6.51. The van der Waals surface area contributed by atoms with E-state index < -0.39 is 42.4 Å².